The molecule has 0 saturated carbocycles. The molecule has 19 heavy (non-hydrogen) atoms. The average molecular weight is 324 g/mol. The summed E-state index contributed by atoms with van der Waals surface area (Å²) < 4.78 is 18.9. The summed E-state index contributed by atoms with van der Waals surface area (Å²) in [6, 6.07) is 10.6. The number of nitrogens with two attached hydrogens (primary N) is 1. The summed E-state index contributed by atoms with van der Waals surface area (Å²) in [5.41, 5.74) is 7.08. The molecule has 98 valence electrons. The van der Waals surface area contributed by atoms with Gasteiger partial charge in [0.2, 0.25) is 0 Å². The van der Waals surface area contributed by atoms with Gasteiger partial charge in [0, 0.05) is 15.7 Å². The van der Waals surface area contributed by atoms with Crippen LogP contribution in [0.3, 0.4) is 0 Å². The van der Waals surface area contributed by atoms with E-state index in [-0.39, 0.29) is 12.4 Å². The van der Waals surface area contributed by atoms with Crippen molar-refractivity contribution in [2.45, 2.75) is 6.61 Å². The van der Waals surface area contributed by atoms with Gasteiger partial charge in [-0.2, -0.15) is 0 Å². The highest BCUT2D eigenvalue weighted by Gasteiger charge is 2.09. The Labute approximate surface area is 118 Å². The second-order valence-corrected chi connectivity index (χ2v) is 4.79. The molecule has 0 aliphatic rings. The molecule has 2 aromatic carbocycles. The maximum Gasteiger partial charge on any atom is 0.338 e. The van der Waals surface area contributed by atoms with E-state index in [1.165, 1.54) is 12.1 Å². The van der Waals surface area contributed by atoms with E-state index < -0.39 is 5.97 Å². The number of benzene rings is 2. The maximum absolute atomic E-state index is 13.1. The van der Waals surface area contributed by atoms with Gasteiger partial charge in [-0.15, -0.1) is 0 Å². The molecule has 0 unspecified atom stereocenters. The molecule has 0 aliphatic heterocycles. The number of anilines is 1. The van der Waals surface area contributed by atoms with Gasteiger partial charge in [0.15, 0.2) is 0 Å². The molecule has 0 radical (unpaired) electrons. The highest BCUT2D eigenvalue weighted by molar-refractivity contribution is 9.10. The van der Waals surface area contributed by atoms with Crippen LogP contribution in [0.2, 0.25) is 0 Å². The van der Waals surface area contributed by atoms with Crippen molar-refractivity contribution in [2.75, 3.05) is 5.73 Å². The molecule has 2 aromatic rings. The fourth-order valence-electron chi connectivity index (χ4n) is 1.50. The number of hydrogen-bond acceptors (Lipinski definition) is 3. The standard InChI is InChI=1S/C14H11BrFNO2/c15-13-6-3-11(16)7-10(13)8-19-14(18)9-1-4-12(17)5-2-9/h1-7H,8,17H2. The molecule has 3 nitrogen and oxygen atoms in total. The Morgan fingerprint density at radius 2 is 1.89 bits per heavy atom. The van der Waals surface area contributed by atoms with Crippen molar-refractivity contribution in [3.8, 4) is 0 Å². The molecule has 0 amide bonds. The van der Waals surface area contributed by atoms with Gasteiger partial charge in [0.1, 0.15) is 12.4 Å². The smallest absolute Gasteiger partial charge is 0.338 e. The number of halogens is 2. The minimum Gasteiger partial charge on any atom is -0.457 e. The summed E-state index contributed by atoms with van der Waals surface area (Å²) in [6.07, 6.45) is 0. The van der Waals surface area contributed by atoms with Gasteiger partial charge in [-0.05, 0) is 42.5 Å². The number of esters is 1. The first-order valence-corrected chi connectivity index (χ1v) is 6.32. The Bertz CT molecular complexity index is 599. The molecule has 0 atom stereocenters. The first-order valence-electron chi connectivity index (χ1n) is 5.53. The van der Waals surface area contributed by atoms with E-state index >= 15 is 0 Å². The van der Waals surface area contributed by atoms with Crippen LogP contribution in [0, 0.1) is 5.82 Å². The summed E-state index contributed by atoms with van der Waals surface area (Å²) in [7, 11) is 0. The van der Waals surface area contributed by atoms with Gasteiger partial charge in [0.25, 0.3) is 0 Å². The Kier molecular flexibility index (Phi) is 4.16. The van der Waals surface area contributed by atoms with Crippen LogP contribution >= 0.6 is 15.9 Å². The van der Waals surface area contributed by atoms with E-state index in [1.807, 2.05) is 0 Å². The first-order chi connectivity index (χ1) is 9.06. The Hall–Kier alpha value is -1.88. The lowest BCUT2D eigenvalue weighted by Gasteiger charge is -2.07. The fourth-order valence-corrected chi connectivity index (χ4v) is 1.86. The summed E-state index contributed by atoms with van der Waals surface area (Å²) in [6.45, 7) is 0.00154. The molecular formula is C14H11BrFNO2. The van der Waals surface area contributed by atoms with Crippen molar-refractivity contribution < 1.29 is 13.9 Å². The highest BCUT2D eigenvalue weighted by Crippen LogP contribution is 2.19. The van der Waals surface area contributed by atoms with Gasteiger partial charge in [-0.25, -0.2) is 9.18 Å². The molecule has 0 spiro atoms. The third kappa shape index (κ3) is 3.54. The predicted molar refractivity (Wildman–Crippen MR) is 74.1 cm³/mol. The number of carbonyl (C=O) groups is 1. The normalized spacial score (nSPS) is 10.2. The van der Waals surface area contributed by atoms with Crippen LogP contribution in [-0.4, -0.2) is 5.97 Å². The van der Waals surface area contributed by atoms with Gasteiger partial charge in [-0.1, -0.05) is 15.9 Å². The Balaban J connectivity index is 2.04. The summed E-state index contributed by atoms with van der Waals surface area (Å²) in [4.78, 5) is 11.8. The lowest BCUT2D eigenvalue weighted by atomic mass is 10.2. The topological polar surface area (TPSA) is 52.3 Å². The summed E-state index contributed by atoms with van der Waals surface area (Å²) >= 11 is 3.27. The SMILES string of the molecule is Nc1ccc(C(=O)OCc2cc(F)ccc2Br)cc1. The maximum atomic E-state index is 13.1. The van der Waals surface area contributed by atoms with E-state index in [1.54, 1.807) is 30.3 Å². The highest BCUT2D eigenvalue weighted by atomic mass is 79.9. The van der Waals surface area contributed by atoms with E-state index in [0.717, 1.165) is 0 Å². The molecule has 0 saturated heterocycles. The van der Waals surface area contributed by atoms with E-state index in [4.69, 9.17) is 10.5 Å². The lowest BCUT2D eigenvalue weighted by Crippen LogP contribution is -2.05. The van der Waals surface area contributed by atoms with Crippen molar-refractivity contribution in [3.05, 3.63) is 63.9 Å². The lowest BCUT2D eigenvalue weighted by molar-refractivity contribution is 0.0471. The number of rotatable bonds is 3. The van der Waals surface area contributed by atoms with E-state index in [0.29, 0.717) is 21.3 Å². The minimum atomic E-state index is -0.476. The van der Waals surface area contributed by atoms with Crippen LogP contribution in [0.15, 0.2) is 46.9 Å². The zero-order valence-electron chi connectivity index (χ0n) is 9.90. The molecule has 2 rings (SSSR count). The van der Waals surface area contributed by atoms with E-state index in [9.17, 15) is 9.18 Å². The van der Waals surface area contributed by atoms with Crippen LogP contribution in [0.5, 0.6) is 0 Å². The average Bonchev–Trinajstić information content (AvgIpc) is 2.40. The van der Waals surface area contributed by atoms with Gasteiger partial charge >= 0.3 is 5.97 Å². The number of hydrogen-bond donors (Lipinski definition) is 1. The van der Waals surface area contributed by atoms with Crippen molar-refractivity contribution >= 4 is 27.6 Å². The second kappa shape index (κ2) is 5.84. The molecule has 2 N–H and O–H groups in total. The number of ether oxygens (including phenoxy) is 1. The second-order valence-electron chi connectivity index (χ2n) is 3.93. The molecular weight excluding hydrogens is 313 g/mol. The van der Waals surface area contributed by atoms with Gasteiger partial charge < -0.3 is 10.5 Å². The molecule has 0 fully saturated rings. The van der Waals surface area contributed by atoms with Gasteiger partial charge in [-0.3, -0.25) is 0 Å². The zero-order chi connectivity index (χ0) is 13.8. The number of nitrogen functional groups attached to an aromatic ring is 1. The predicted octanol–water partition coefficient (Wildman–Crippen LogP) is 3.53. The first kappa shape index (κ1) is 13.5. The van der Waals surface area contributed by atoms with E-state index in [2.05, 4.69) is 15.9 Å². The van der Waals surface area contributed by atoms with Crippen LogP contribution in [-0.2, 0) is 11.3 Å². The van der Waals surface area contributed by atoms with Crippen molar-refractivity contribution in [1.82, 2.24) is 0 Å². The van der Waals surface area contributed by atoms with Crippen molar-refractivity contribution in [2.24, 2.45) is 0 Å². The van der Waals surface area contributed by atoms with Crippen LogP contribution in [0.4, 0.5) is 10.1 Å². The van der Waals surface area contributed by atoms with Crippen LogP contribution < -0.4 is 5.73 Å². The quantitative estimate of drug-likeness (QED) is 0.694. The molecule has 0 bridgehead atoms. The summed E-state index contributed by atoms with van der Waals surface area (Å²) in [5.74, 6) is -0.849. The Morgan fingerprint density at radius 1 is 1.21 bits per heavy atom. The fraction of sp³-hybridized carbons (Fsp3) is 0.0714. The monoisotopic (exact) mass is 323 g/mol. The van der Waals surface area contributed by atoms with Crippen molar-refractivity contribution in [1.29, 1.82) is 0 Å². The third-order valence-electron chi connectivity index (χ3n) is 2.51. The minimum absolute atomic E-state index is 0.00154. The molecule has 0 aliphatic carbocycles. The summed E-state index contributed by atoms with van der Waals surface area (Å²) in [5, 5.41) is 0. The van der Waals surface area contributed by atoms with Crippen molar-refractivity contribution in [3.63, 3.8) is 0 Å². The zero-order valence-corrected chi connectivity index (χ0v) is 11.5. The third-order valence-corrected chi connectivity index (χ3v) is 3.29. The largest absolute Gasteiger partial charge is 0.457 e. The molecule has 5 heteroatoms. The molecule has 0 heterocycles. The van der Waals surface area contributed by atoms with Crippen LogP contribution in [0.25, 0.3) is 0 Å². The number of carbonyl (C=O) groups excluding carboxylic acids is 1. The Morgan fingerprint density at radius 3 is 2.58 bits per heavy atom. The molecule has 0 aromatic heterocycles. The van der Waals surface area contributed by atoms with Crippen LogP contribution in [0.1, 0.15) is 15.9 Å². The van der Waals surface area contributed by atoms with Gasteiger partial charge in [0.05, 0.1) is 5.56 Å².